The van der Waals surface area contributed by atoms with Crippen LogP contribution in [0.25, 0.3) is 0 Å². The Morgan fingerprint density at radius 3 is 2.19 bits per heavy atom. The van der Waals surface area contributed by atoms with E-state index in [1.54, 1.807) is 6.26 Å². The lowest BCUT2D eigenvalue weighted by molar-refractivity contribution is 0.0651. The van der Waals surface area contributed by atoms with Crippen molar-refractivity contribution in [2.75, 3.05) is 6.26 Å². The number of carboxylic acid groups (broad SMARTS) is 2. The lowest BCUT2D eigenvalue weighted by Crippen LogP contribution is -2.09. The van der Waals surface area contributed by atoms with Crippen LogP contribution in [0.3, 0.4) is 0 Å². The average Bonchev–Trinajstić information content (AvgIpc) is 2.16. The smallest absolute Gasteiger partial charge is 0.338 e. The summed E-state index contributed by atoms with van der Waals surface area (Å²) in [5, 5.41) is 17.7. The number of thioether (sulfide) groups is 1. The van der Waals surface area contributed by atoms with Gasteiger partial charge >= 0.3 is 11.9 Å². The lowest BCUT2D eigenvalue weighted by Gasteiger charge is -2.09. The number of carbonyl (C=O) groups is 2. The van der Waals surface area contributed by atoms with Crippen molar-refractivity contribution in [1.82, 2.24) is 0 Å². The van der Waals surface area contributed by atoms with Crippen molar-refractivity contribution in [2.24, 2.45) is 0 Å². The third-order valence-electron chi connectivity index (χ3n) is 1.82. The van der Waals surface area contributed by atoms with Crippen molar-refractivity contribution in [3.8, 4) is 0 Å². The molecular formula is C9H6Cl2O4S. The molecule has 0 amide bonds. The number of carboxylic acids is 2. The minimum Gasteiger partial charge on any atom is -0.478 e. The Kier molecular flexibility index (Phi) is 4.07. The van der Waals surface area contributed by atoms with E-state index in [-0.39, 0.29) is 10.0 Å². The van der Waals surface area contributed by atoms with Crippen molar-refractivity contribution in [1.29, 1.82) is 0 Å². The standard InChI is InChI=1S/C9H6Cl2O4S/c1-16-7-4(10)2-3(8(12)13)5(6(7)11)9(14)15/h2H,1H3,(H,12,13)(H,14,15). The van der Waals surface area contributed by atoms with Gasteiger partial charge in [0.2, 0.25) is 0 Å². The van der Waals surface area contributed by atoms with Crippen LogP contribution in [0.4, 0.5) is 0 Å². The molecule has 0 spiro atoms. The van der Waals surface area contributed by atoms with Gasteiger partial charge in [-0.2, -0.15) is 0 Å². The fourth-order valence-electron chi connectivity index (χ4n) is 1.17. The quantitative estimate of drug-likeness (QED) is 0.832. The molecule has 16 heavy (non-hydrogen) atoms. The number of halogens is 2. The molecule has 0 aliphatic carbocycles. The van der Waals surface area contributed by atoms with Gasteiger partial charge in [-0.25, -0.2) is 9.59 Å². The van der Waals surface area contributed by atoms with Gasteiger partial charge in [-0.05, 0) is 12.3 Å². The van der Waals surface area contributed by atoms with Crippen LogP contribution in [-0.2, 0) is 0 Å². The SMILES string of the molecule is CSc1c(Cl)cc(C(=O)O)c(C(=O)O)c1Cl. The van der Waals surface area contributed by atoms with E-state index in [0.717, 1.165) is 17.8 Å². The Labute approximate surface area is 105 Å². The highest BCUT2D eigenvalue weighted by Crippen LogP contribution is 2.37. The Hall–Kier alpha value is -0.910. The Morgan fingerprint density at radius 2 is 1.81 bits per heavy atom. The molecule has 0 radical (unpaired) electrons. The molecule has 4 nitrogen and oxygen atoms in total. The van der Waals surface area contributed by atoms with Crippen LogP contribution in [0.15, 0.2) is 11.0 Å². The summed E-state index contributed by atoms with van der Waals surface area (Å²) in [6, 6.07) is 1.09. The zero-order valence-electron chi connectivity index (χ0n) is 7.95. The van der Waals surface area contributed by atoms with E-state index < -0.39 is 23.1 Å². The monoisotopic (exact) mass is 280 g/mol. The van der Waals surface area contributed by atoms with Gasteiger partial charge in [0.25, 0.3) is 0 Å². The first kappa shape index (κ1) is 13.2. The van der Waals surface area contributed by atoms with Gasteiger partial charge in [0, 0.05) is 4.90 Å². The first-order valence-corrected chi connectivity index (χ1v) is 5.90. The van der Waals surface area contributed by atoms with E-state index in [9.17, 15) is 9.59 Å². The molecule has 2 N–H and O–H groups in total. The summed E-state index contributed by atoms with van der Waals surface area (Å²) < 4.78 is 0. The van der Waals surface area contributed by atoms with Gasteiger partial charge in [-0.3, -0.25) is 0 Å². The molecule has 0 saturated heterocycles. The number of hydrogen-bond donors (Lipinski definition) is 2. The molecule has 0 unspecified atom stereocenters. The zero-order valence-corrected chi connectivity index (χ0v) is 10.3. The number of rotatable bonds is 3. The number of hydrogen-bond acceptors (Lipinski definition) is 3. The first-order valence-electron chi connectivity index (χ1n) is 3.92. The molecular weight excluding hydrogens is 275 g/mol. The van der Waals surface area contributed by atoms with Crippen molar-refractivity contribution < 1.29 is 19.8 Å². The minimum absolute atomic E-state index is 0.125. The first-order chi connectivity index (χ1) is 7.40. The van der Waals surface area contributed by atoms with Crippen LogP contribution in [0.2, 0.25) is 10.0 Å². The summed E-state index contributed by atoms with van der Waals surface area (Å²) in [7, 11) is 0. The number of benzene rings is 1. The molecule has 7 heteroatoms. The van der Waals surface area contributed by atoms with E-state index in [4.69, 9.17) is 33.4 Å². The summed E-state index contributed by atoms with van der Waals surface area (Å²) in [6.45, 7) is 0. The molecule has 0 fully saturated rings. The van der Waals surface area contributed by atoms with Crippen LogP contribution in [0.5, 0.6) is 0 Å². The van der Waals surface area contributed by atoms with Gasteiger partial charge in [-0.1, -0.05) is 23.2 Å². The van der Waals surface area contributed by atoms with E-state index >= 15 is 0 Å². The summed E-state index contributed by atoms with van der Waals surface area (Å²) in [5.74, 6) is -2.77. The molecule has 0 aliphatic rings. The highest BCUT2D eigenvalue weighted by Gasteiger charge is 2.24. The summed E-state index contributed by atoms with van der Waals surface area (Å²) >= 11 is 12.8. The maximum atomic E-state index is 10.9. The third kappa shape index (κ3) is 2.26. The van der Waals surface area contributed by atoms with Gasteiger partial charge in [0.1, 0.15) is 0 Å². The number of aromatic carboxylic acids is 2. The minimum atomic E-state index is -1.39. The topological polar surface area (TPSA) is 74.6 Å². The van der Waals surface area contributed by atoms with Crippen molar-refractivity contribution in [3.05, 3.63) is 27.2 Å². The Morgan fingerprint density at radius 1 is 1.25 bits per heavy atom. The molecule has 1 rings (SSSR count). The second-order valence-corrected chi connectivity index (χ2v) is 4.34. The van der Waals surface area contributed by atoms with Gasteiger partial charge in [0.15, 0.2) is 0 Å². The molecule has 86 valence electrons. The summed E-state index contributed by atoms with van der Waals surface area (Å²) in [4.78, 5) is 22.1. The molecule has 0 aromatic heterocycles. The molecule has 0 saturated carbocycles. The summed E-state index contributed by atoms with van der Waals surface area (Å²) in [6.07, 6.45) is 1.67. The van der Waals surface area contributed by atoms with Crippen LogP contribution in [0, 0.1) is 0 Å². The van der Waals surface area contributed by atoms with Crippen molar-refractivity contribution in [3.63, 3.8) is 0 Å². The molecule has 0 heterocycles. The largest absolute Gasteiger partial charge is 0.478 e. The Balaban J connectivity index is 3.65. The zero-order chi connectivity index (χ0) is 12.5. The highest BCUT2D eigenvalue weighted by atomic mass is 35.5. The fraction of sp³-hybridized carbons (Fsp3) is 0.111. The van der Waals surface area contributed by atoms with Gasteiger partial charge in [0.05, 0.1) is 21.2 Å². The molecule has 0 bridgehead atoms. The van der Waals surface area contributed by atoms with Crippen LogP contribution in [0.1, 0.15) is 20.7 Å². The second kappa shape index (κ2) is 4.95. The van der Waals surface area contributed by atoms with E-state index in [1.807, 2.05) is 0 Å². The van der Waals surface area contributed by atoms with Crippen LogP contribution >= 0.6 is 35.0 Å². The normalized spacial score (nSPS) is 10.2. The predicted octanol–water partition coefficient (Wildman–Crippen LogP) is 3.11. The predicted molar refractivity (Wildman–Crippen MR) is 62.2 cm³/mol. The molecule has 0 atom stereocenters. The van der Waals surface area contributed by atoms with Crippen molar-refractivity contribution >= 4 is 46.9 Å². The van der Waals surface area contributed by atoms with Gasteiger partial charge in [-0.15, -0.1) is 11.8 Å². The maximum absolute atomic E-state index is 10.9. The molecule has 1 aromatic rings. The maximum Gasteiger partial charge on any atom is 0.338 e. The fourth-order valence-corrected chi connectivity index (χ4v) is 2.70. The van der Waals surface area contributed by atoms with E-state index in [2.05, 4.69) is 0 Å². The lowest BCUT2D eigenvalue weighted by atomic mass is 10.1. The van der Waals surface area contributed by atoms with Crippen LogP contribution < -0.4 is 0 Å². The second-order valence-electron chi connectivity index (χ2n) is 2.74. The highest BCUT2D eigenvalue weighted by molar-refractivity contribution is 7.98. The molecule has 1 aromatic carbocycles. The van der Waals surface area contributed by atoms with E-state index in [1.165, 1.54) is 0 Å². The van der Waals surface area contributed by atoms with Gasteiger partial charge < -0.3 is 10.2 Å². The van der Waals surface area contributed by atoms with Crippen LogP contribution in [-0.4, -0.2) is 28.4 Å². The summed E-state index contributed by atoms with van der Waals surface area (Å²) in [5.41, 5.74) is -0.858. The molecule has 0 aliphatic heterocycles. The average molecular weight is 281 g/mol. The third-order valence-corrected chi connectivity index (χ3v) is 3.56. The van der Waals surface area contributed by atoms with Crippen molar-refractivity contribution in [2.45, 2.75) is 4.90 Å². The Bertz CT molecular complexity index is 473. The van der Waals surface area contributed by atoms with E-state index in [0.29, 0.717) is 4.90 Å².